The summed E-state index contributed by atoms with van der Waals surface area (Å²) in [5, 5.41) is 4.76. The number of primary amides is 1. The molecule has 0 fully saturated rings. The molecule has 0 aromatic heterocycles. The lowest BCUT2D eigenvalue weighted by Crippen LogP contribution is -2.41. The molecule has 3 N–H and O–H groups in total. The van der Waals surface area contributed by atoms with E-state index in [0.717, 1.165) is 11.7 Å². The molecule has 0 aromatic carbocycles. The Bertz CT molecular complexity index is 289. The molecule has 1 heterocycles. The Morgan fingerprint density at radius 3 is 2.94 bits per heavy atom. The summed E-state index contributed by atoms with van der Waals surface area (Å²) in [5.41, 5.74) is 4.78. The highest BCUT2D eigenvalue weighted by Gasteiger charge is 2.26. The number of carbonyl (C=O) groups is 1. The first-order valence-corrected chi connectivity index (χ1v) is 6.58. The molecular formula is C11H21N3OS. The number of rotatable bonds is 5. The topological polar surface area (TPSA) is 67.5 Å². The van der Waals surface area contributed by atoms with Crippen molar-refractivity contribution in [1.82, 2.24) is 5.32 Å². The summed E-state index contributed by atoms with van der Waals surface area (Å²) in [7, 11) is 0. The van der Waals surface area contributed by atoms with Crippen molar-refractivity contribution in [2.45, 2.75) is 38.9 Å². The molecule has 1 unspecified atom stereocenters. The number of thioether (sulfide) groups is 1. The molecule has 0 bridgehead atoms. The smallest absolute Gasteiger partial charge is 0.224 e. The second kappa shape index (κ2) is 5.57. The maximum Gasteiger partial charge on any atom is 0.224 e. The van der Waals surface area contributed by atoms with Gasteiger partial charge in [0, 0.05) is 11.8 Å². The SMILES string of the molecule is CCCC1CN=C(NCC(C)(C)C(N)=O)S1. The summed E-state index contributed by atoms with van der Waals surface area (Å²) in [5.74, 6) is -0.284. The number of carbonyl (C=O) groups excluding carboxylic acids is 1. The summed E-state index contributed by atoms with van der Waals surface area (Å²) < 4.78 is 0. The molecule has 0 saturated carbocycles. The monoisotopic (exact) mass is 243 g/mol. The van der Waals surface area contributed by atoms with E-state index in [4.69, 9.17) is 5.73 Å². The number of aliphatic imine (C=N–C) groups is 1. The van der Waals surface area contributed by atoms with Crippen LogP contribution >= 0.6 is 11.8 Å². The largest absolute Gasteiger partial charge is 0.369 e. The third-order valence-corrected chi connectivity index (χ3v) is 3.89. The zero-order chi connectivity index (χ0) is 12.2. The average Bonchev–Trinajstić information content (AvgIpc) is 2.63. The minimum Gasteiger partial charge on any atom is -0.369 e. The van der Waals surface area contributed by atoms with Crippen LogP contribution in [0.5, 0.6) is 0 Å². The van der Waals surface area contributed by atoms with Crippen molar-refractivity contribution < 1.29 is 4.79 Å². The Balaban J connectivity index is 2.33. The van der Waals surface area contributed by atoms with Crippen LogP contribution in [-0.2, 0) is 4.79 Å². The van der Waals surface area contributed by atoms with Gasteiger partial charge < -0.3 is 11.1 Å². The van der Waals surface area contributed by atoms with Crippen molar-refractivity contribution in [3.05, 3.63) is 0 Å². The van der Waals surface area contributed by atoms with E-state index < -0.39 is 5.41 Å². The third kappa shape index (κ3) is 3.70. The predicted molar refractivity (Wildman–Crippen MR) is 69.6 cm³/mol. The van der Waals surface area contributed by atoms with Crippen LogP contribution < -0.4 is 11.1 Å². The van der Waals surface area contributed by atoms with E-state index in [1.807, 2.05) is 13.8 Å². The second-order valence-corrected chi connectivity index (χ2v) is 6.07. The molecule has 1 rings (SSSR count). The number of nitrogens with two attached hydrogens (primary N) is 1. The highest BCUT2D eigenvalue weighted by Crippen LogP contribution is 2.24. The first kappa shape index (κ1) is 13.4. The second-order valence-electron chi connectivity index (χ2n) is 4.78. The number of amides is 1. The van der Waals surface area contributed by atoms with Crippen LogP contribution in [0.15, 0.2) is 4.99 Å². The Labute approximate surface area is 101 Å². The standard InChI is InChI=1S/C11H21N3OS/c1-4-5-8-6-13-10(16-8)14-7-11(2,3)9(12)15/h8H,4-7H2,1-3H3,(H2,12,15)(H,13,14). The van der Waals surface area contributed by atoms with E-state index in [2.05, 4.69) is 17.2 Å². The van der Waals surface area contributed by atoms with Gasteiger partial charge in [-0.3, -0.25) is 9.79 Å². The normalized spacial score (nSPS) is 20.7. The van der Waals surface area contributed by atoms with Gasteiger partial charge in [-0.15, -0.1) is 0 Å². The fraction of sp³-hybridized carbons (Fsp3) is 0.818. The van der Waals surface area contributed by atoms with E-state index in [0.29, 0.717) is 11.8 Å². The van der Waals surface area contributed by atoms with E-state index in [1.165, 1.54) is 12.8 Å². The van der Waals surface area contributed by atoms with Crippen LogP contribution in [0.1, 0.15) is 33.6 Å². The minimum atomic E-state index is -0.522. The summed E-state index contributed by atoms with van der Waals surface area (Å²) in [6.07, 6.45) is 2.38. The molecule has 5 heteroatoms. The molecule has 16 heavy (non-hydrogen) atoms. The Morgan fingerprint density at radius 2 is 2.38 bits per heavy atom. The van der Waals surface area contributed by atoms with Gasteiger partial charge in [-0.1, -0.05) is 25.1 Å². The molecule has 1 aliphatic heterocycles. The molecular weight excluding hydrogens is 222 g/mol. The molecule has 0 radical (unpaired) electrons. The molecule has 92 valence electrons. The molecule has 1 aliphatic rings. The van der Waals surface area contributed by atoms with Crippen LogP contribution in [0.3, 0.4) is 0 Å². The Kier molecular flexibility index (Phi) is 4.65. The summed E-state index contributed by atoms with van der Waals surface area (Å²) in [6, 6.07) is 0. The molecule has 4 nitrogen and oxygen atoms in total. The molecule has 1 amide bonds. The molecule has 1 atom stereocenters. The van der Waals surface area contributed by atoms with Crippen LogP contribution in [0.25, 0.3) is 0 Å². The van der Waals surface area contributed by atoms with E-state index in [-0.39, 0.29) is 5.91 Å². The Morgan fingerprint density at radius 1 is 1.69 bits per heavy atom. The van der Waals surface area contributed by atoms with Crippen molar-refractivity contribution in [3.8, 4) is 0 Å². The lowest BCUT2D eigenvalue weighted by molar-refractivity contribution is -0.125. The van der Waals surface area contributed by atoms with Gasteiger partial charge in [0.1, 0.15) is 0 Å². The zero-order valence-electron chi connectivity index (χ0n) is 10.2. The van der Waals surface area contributed by atoms with Crippen LogP contribution in [0.2, 0.25) is 0 Å². The van der Waals surface area contributed by atoms with Gasteiger partial charge in [0.25, 0.3) is 0 Å². The molecule has 0 saturated heterocycles. The molecule has 0 aromatic rings. The van der Waals surface area contributed by atoms with Gasteiger partial charge in [-0.25, -0.2) is 0 Å². The fourth-order valence-electron chi connectivity index (χ4n) is 1.37. The van der Waals surface area contributed by atoms with Crippen molar-refractivity contribution in [3.63, 3.8) is 0 Å². The summed E-state index contributed by atoms with van der Waals surface area (Å²) in [6.45, 7) is 7.30. The predicted octanol–water partition coefficient (Wildman–Crippen LogP) is 1.36. The van der Waals surface area contributed by atoms with Crippen molar-refractivity contribution >= 4 is 22.8 Å². The number of hydrogen-bond donors (Lipinski definition) is 2. The fourth-order valence-corrected chi connectivity index (χ4v) is 2.49. The number of nitrogens with one attached hydrogen (secondary N) is 1. The zero-order valence-corrected chi connectivity index (χ0v) is 11.1. The van der Waals surface area contributed by atoms with Crippen LogP contribution in [0, 0.1) is 5.41 Å². The number of nitrogens with zero attached hydrogens (tertiary/aromatic N) is 1. The number of hydrogen-bond acceptors (Lipinski definition) is 4. The molecule has 0 spiro atoms. The van der Waals surface area contributed by atoms with Gasteiger partial charge in [0.2, 0.25) is 5.91 Å². The van der Waals surface area contributed by atoms with Gasteiger partial charge in [0.05, 0.1) is 12.0 Å². The minimum absolute atomic E-state index is 0.284. The number of amidine groups is 1. The van der Waals surface area contributed by atoms with E-state index in [1.54, 1.807) is 11.8 Å². The maximum atomic E-state index is 11.1. The third-order valence-electron chi connectivity index (χ3n) is 2.68. The van der Waals surface area contributed by atoms with Gasteiger partial charge >= 0.3 is 0 Å². The van der Waals surface area contributed by atoms with Gasteiger partial charge in [-0.2, -0.15) is 0 Å². The van der Waals surface area contributed by atoms with Gasteiger partial charge in [0.15, 0.2) is 5.17 Å². The first-order valence-electron chi connectivity index (χ1n) is 5.70. The average molecular weight is 243 g/mol. The van der Waals surface area contributed by atoms with E-state index >= 15 is 0 Å². The Hall–Kier alpha value is -0.710. The highest BCUT2D eigenvalue weighted by atomic mass is 32.2. The van der Waals surface area contributed by atoms with Crippen molar-refractivity contribution in [2.24, 2.45) is 16.1 Å². The van der Waals surface area contributed by atoms with Crippen LogP contribution in [-0.4, -0.2) is 29.4 Å². The quantitative estimate of drug-likeness (QED) is 0.766. The maximum absolute atomic E-state index is 11.1. The summed E-state index contributed by atoms with van der Waals surface area (Å²) >= 11 is 1.77. The lowest BCUT2D eigenvalue weighted by atomic mass is 9.93. The first-order chi connectivity index (χ1) is 7.45. The van der Waals surface area contributed by atoms with E-state index in [9.17, 15) is 4.79 Å². The molecule has 0 aliphatic carbocycles. The van der Waals surface area contributed by atoms with Crippen LogP contribution in [0.4, 0.5) is 0 Å². The van der Waals surface area contributed by atoms with Crippen molar-refractivity contribution in [2.75, 3.05) is 13.1 Å². The van der Waals surface area contributed by atoms with Crippen molar-refractivity contribution in [1.29, 1.82) is 0 Å². The lowest BCUT2D eigenvalue weighted by Gasteiger charge is -2.21. The highest BCUT2D eigenvalue weighted by molar-refractivity contribution is 8.14. The van der Waals surface area contributed by atoms with Gasteiger partial charge in [-0.05, 0) is 20.3 Å². The summed E-state index contributed by atoms with van der Waals surface area (Å²) in [4.78, 5) is 15.5.